The fourth-order valence-corrected chi connectivity index (χ4v) is 4.45. The summed E-state index contributed by atoms with van der Waals surface area (Å²) in [7, 11) is -0.593. The maximum absolute atomic E-state index is 15.0. The monoisotopic (exact) mass is 540 g/mol. The van der Waals surface area contributed by atoms with Crippen LogP contribution in [-0.2, 0) is 20.5 Å². The minimum Gasteiger partial charge on any atom is -0.474 e. The molecule has 0 atom stereocenters. The zero-order valence-electron chi connectivity index (χ0n) is 21.6. The third kappa shape index (κ3) is 6.56. The molecule has 1 aromatic heterocycles. The lowest BCUT2D eigenvalue weighted by molar-refractivity contribution is -0.134. The summed E-state index contributed by atoms with van der Waals surface area (Å²) in [5.41, 5.74) is 0.617. The number of anilines is 1. The molecule has 198 valence electrons. The van der Waals surface area contributed by atoms with Crippen molar-refractivity contribution >= 4 is 37.3 Å². The van der Waals surface area contributed by atoms with Crippen LogP contribution < -0.4 is 10.2 Å². The molecule has 2 heterocycles. The molecule has 1 aromatic carbocycles. The Bertz CT molecular complexity index is 1080. The van der Waals surface area contributed by atoms with Crippen molar-refractivity contribution in [3.8, 4) is 5.69 Å². The largest absolute Gasteiger partial charge is 0.474 e. The number of amides is 1. The Morgan fingerprint density at radius 1 is 1.17 bits per heavy atom. The number of methoxy groups -OCH3 is 1. The van der Waals surface area contributed by atoms with E-state index in [-0.39, 0.29) is 40.6 Å². The number of hydrogen-bond donors (Lipinski definition) is 1. The van der Waals surface area contributed by atoms with Crippen LogP contribution in [0.4, 0.5) is 14.5 Å². The highest BCUT2D eigenvalue weighted by Crippen LogP contribution is 2.36. The number of nitrogens with one attached hydrogen (secondary N) is 1. The molecule has 3 rings (SSSR count). The van der Waals surface area contributed by atoms with E-state index in [1.54, 1.807) is 16.0 Å². The molecule has 9 nitrogen and oxygen atoms in total. The molecule has 2 aromatic rings. The van der Waals surface area contributed by atoms with E-state index in [1.807, 2.05) is 0 Å². The molecule has 1 aliphatic rings. The fraction of sp³-hybridized carbons (Fsp3) is 0.565. The Balaban J connectivity index is 1.61. The molecule has 0 radical (unpaired) electrons. The van der Waals surface area contributed by atoms with E-state index in [1.165, 1.54) is 23.9 Å². The van der Waals surface area contributed by atoms with E-state index in [0.29, 0.717) is 31.9 Å². The highest BCUT2D eigenvalue weighted by Gasteiger charge is 2.38. The molecule has 0 bridgehead atoms. The SMILES string of the molecule is COC(=S)NCc1cn(-c2cc(F)c(N3CCN(C(=O)CO[Si](C)(C)C(C)(C)C)CC3)c(F)c2)nn1. The lowest BCUT2D eigenvalue weighted by Crippen LogP contribution is -2.51. The summed E-state index contributed by atoms with van der Waals surface area (Å²) >= 11 is 4.91. The molecular formula is C23H34F2N6O3SSi. The number of ether oxygens (including phenoxy) is 1. The Hall–Kier alpha value is -2.64. The summed E-state index contributed by atoms with van der Waals surface area (Å²) in [5.74, 6) is -1.51. The fourth-order valence-electron chi connectivity index (χ4n) is 3.46. The maximum atomic E-state index is 15.0. The third-order valence-electron chi connectivity index (χ3n) is 6.72. The first-order valence-electron chi connectivity index (χ1n) is 11.7. The predicted molar refractivity (Wildman–Crippen MR) is 140 cm³/mol. The molecule has 0 spiro atoms. The third-order valence-corrected chi connectivity index (χ3v) is 11.5. The van der Waals surface area contributed by atoms with E-state index >= 15 is 8.78 Å². The molecule has 0 saturated carbocycles. The standard InChI is InChI=1S/C23H34F2N6O3SSi/c1-23(2,3)36(5,6)34-15-20(32)29-7-9-30(10-8-29)21-18(24)11-17(12-19(21)25)31-14-16(27-28-31)13-26-22(35)33-4/h11-12,14H,7-10,13,15H2,1-6H3,(H,26,35). The average molecular weight is 541 g/mol. The second kappa shape index (κ2) is 11.2. The van der Waals surface area contributed by atoms with Gasteiger partial charge in [-0.3, -0.25) is 4.79 Å². The highest BCUT2D eigenvalue weighted by molar-refractivity contribution is 7.80. The van der Waals surface area contributed by atoms with Crippen LogP contribution in [0.5, 0.6) is 0 Å². The first-order chi connectivity index (χ1) is 16.8. The number of piperazine rings is 1. The quantitative estimate of drug-likeness (QED) is 0.423. The zero-order chi connectivity index (χ0) is 26.7. The van der Waals surface area contributed by atoms with Crippen molar-refractivity contribution in [2.75, 3.05) is 44.8 Å². The molecule has 1 saturated heterocycles. The van der Waals surface area contributed by atoms with Gasteiger partial charge in [0.1, 0.15) is 18.0 Å². The molecule has 36 heavy (non-hydrogen) atoms. The number of aromatic nitrogens is 3. The van der Waals surface area contributed by atoms with Crippen LogP contribution in [0, 0.1) is 11.6 Å². The van der Waals surface area contributed by atoms with Crippen molar-refractivity contribution in [3.63, 3.8) is 0 Å². The Labute approximate surface area is 216 Å². The predicted octanol–water partition coefficient (Wildman–Crippen LogP) is 3.24. The van der Waals surface area contributed by atoms with Gasteiger partial charge in [0.15, 0.2) is 20.0 Å². The van der Waals surface area contributed by atoms with Gasteiger partial charge in [0.25, 0.3) is 5.17 Å². The lowest BCUT2D eigenvalue weighted by atomic mass is 10.2. The number of carbonyl (C=O) groups excluding carboxylic acids is 1. The van der Waals surface area contributed by atoms with Gasteiger partial charge < -0.3 is 24.3 Å². The Kier molecular flexibility index (Phi) is 8.67. The van der Waals surface area contributed by atoms with Crippen molar-refractivity contribution in [1.29, 1.82) is 0 Å². The van der Waals surface area contributed by atoms with Gasteiger partial charge in [0.05, 0.1) is 25.5 Å². The van der Waals surface area contributed by atoms with Crippen LogP contribution in [0.25, 0.3) is 5.69 Å². The van der Waals surface area contributed by atoms with Crippen LogP contribution >= 0.6 is 12.2 Å². The van der Waals surface area contributed by atoms with Crippen LogP contribution in [0.15, 0.2) is 18.3 Å². The summed E-state index contributed by atoms with van der Waals surface area (Å²) < 4.78 is 42.2. The van der Waals surface area contributed by atoms with Gasteiger partial charge in [-0.25, -0.2) is 13.5 Å². The topological polar surface area (TPSA) is 84.8 Å². The van der Waals surface area contributed by atoms with Gasteiger partial charge in [-0.15, -0.1) is 5.10 Å². The number of thiocarbonyl (C=S) groups is 1. The number of benzene rings is 1. The van der Waals surface area contributed by atoms with Crippen LogP contribution in [0.3, 0.4) is 0 Å². The average Bonchev–Trinajstić information content (AvgIpc) is 3.29. The molecule has 0 unspecified atom stereocenters. The maximum Gasteiger partial charge on any atom is 0.256 e. The molecule has 1 aliphatic heterocycles. The van der Waals surface area contributed by atoms with E-state index in [2.05, 4.69) is 49.5 Å². The van der Waals surface area contributed by atoms with E-state index in [0.717, 1.165) is 0 Å². The number of carbonyl (C=O) groups is 1. The second-order valence-electron chi connectivity index (χ2n) is 10.2. The first kappa shape index (κ1) is 27.9. The van der Waals surface area contributed by atoms with Crippen molar-refractivity contribution in [1.82, 2.24) is 25.2 Å². The highest BCUT2D eigenvalue weighted by atomic mass is 32.1. The molecule has 1 amide bonds. The summed E-state index contributed by atoms with van der Waals surface area (Å²) in [4.78, 5) is 16.0. The van der Waals surface area contributed by atoms with Gasteiger partial charge in [-0.05, 0) is 30.4 Å². The minimum atomic E-state index is -2.04. The van der Waals surface area contributed by atoms with E-state index < -0.39 is 20.0 Å². The molecule has 0 aliphatic carbocycles. The number of rotatable bonds is 7. The van der Waals surface area contributed by atoms with Gasteiger partial charge in [0, 0.05) is 38.3 Å². The normalized spacial score (nSPS) is 14.7. The molecule has 13 heteroatoms. The lowest BCUT2D eigenvalue weighted by Gasteiger charge is -2.38. The van der Waals surface area contributed by atoms with Gasteiger partial charge in [-0.2, -0.15) is 0 Å². The van der Waals surface area contributed by atoms with E-state index in [9.17, 15) is 4.79 Å². The van der Waals surface area contributed by atoms with Crippen LogP contribution in [-0.4, -0.2) is 79.2 Å². The Morgan fingerprint density at radius 2 is 1.78 bits per heavy atom. The summed E-state index contributed by atoms with van der Waals surface area (Å²) in [6, 6.07) is 2.43. The number of hydrogen-bond acceptors (Lipinski definition) is 7. The molecule has 1 fully saturated rings. The van der Waals surface area contributed by atoms with Crippen molar-refractivity contribution < 1.29 is 22.7 Å². The summed E-state index contributed by atoms with van der Waals surface area (Å²) in [6.45, 7) is 12.2. The first-order valence-corrected chi connectivity index (χ1v) is 15.0. The van der Waals surface area contributed by atoms with Crippen LogP contribution in [0.1, 0.15) is 26.5 Å². The number of halogens is 2. The van der Waals surface area contributed by atoms with Gasteiger partial charge in [0.2, 0.25) is 5.91 Å². The van der Waals surface area contributed by atoms with Crippen molar-refractivity contribution in [3.05, 3.63) is 35.7 Å². The van der Waals surface area contributed by atoms with Gasteiger partial charge in [-0.1, -0.05) is 26.0 Å². The number of nitrogens with zero attached hydrogens (tertiary/aromatic N) is 5. The Morgan fingerprint density at radius 3 is 2.33 bits per heavy atom. The van der Waals surface area contributed by atoms with Crippen molar-refractivity contribution in [2.45, 2.75) is 45.4 Å². The summed E-state index contributed by atoms with van der Waals surface area (Å²) in [5, 5.41) is 10.9. The zero-order valence-corrected chi connectivity index (χ0v) is 23.4. The molecular weight excluding hydrogens is 506 g/mol. The summed E-state index contributed by atoms with van der Waals surface area (Å²) in [6.07, 6.45) is 1.55. The minimum absolute atomic E-state index is 0.00927. The molecule has 1 N–H and O–H groups in total. The van der Waals surface area contributed by atoms with Gasteiger partial charge >= 0.3 is 0 Å². The smallest absolute Gasteiger partial charge is 0.256 e. The van der Waals surface area contributed by atoms with Crippen LogP contribution in [0.2, 0.25) is 18.1 Å². The van der Waals surface area contributed by atoms with Crippen molar-refractivity contribution in [2.24, 2.45) is 0 Å². The van der Waals surface area contributed by atoms with E-state index in [4.69, 9.17) is 21.4 Å². The second-order valence-corrected chi connectivity index (χ2v) is 15.4.